The molecule has 0 bridgehead atoms. The third kappa shape index (κ3) is 5.41. The summed E-state index contributed by atoms with van der Waals surface area (Å²) in [6.45, 7) is 7.95. The van der Waals surface area contributed by atoms with Gasteiger partial charge in [0.1, 0.15) is 0 Å². The molecule has 0 amide bonds. The summed E-state index contributed by atoms with van der Waals surface area (Å²) < 4.78 is 77.3. The molecule has 2 saturated carbocycles. The molecule has 2 N–H and O–H groups in total. The van der Waals surface area contributed by atoms with Gasteiger partial charge in [-0.05, 0) is 73.7 Å². The van der Waals surface area contributed by atoms with Crippen LogP contribution in [0.15, 0.2) is 47.1 Å². The van der Waals surface area contributed by atoms with Crippen molar-refractivity contribution in [1.82, 2.24) is 0 Å². The predicted molar refractivity (Wildman–Crippen MR) is 122 cm³/mol. The first kappa shape index (κ1) is 27.6. The maximum atomic E-state index is 12.9. The zero-order valence-electron chi connectivity index (χ0n) is 20.0. The van der Waals surface area contributed by atoms with Crippen molar-refractivity contribution >= 4 is 0 Å². The molecule has 3 aliphatic carbocycles. The highest BCUT2D eigenvalue weighted by Gasteiger charge is 2.70. The summed E-state index contributed by atoms with van der Waals surface area (Å²) in [5, 5.41) is 19.2. The first-order chi connectivity index (χ1) is 16.1. The average molecular weight is 503 g/mol. The molecule has 2 fully saturated rings. The van der Waals surface area contributed by atoms with Gasteiger partial charge in [-0.25, -0.2) is 0 Å². The van der Waals surface area contributed by atoms with Gasteiger partial charge in [0.2, 0.25) is 0 Å². The van der Waals surface area contributed by atoms with E-state index in [1.54, 1.807) is 6.92 Å². The fourth-order valence-corrected chi connectivity index (χ4v) is 5.76. The Labute approximate surface area is 202 Å². The van der Waals surface area contributed by atoms with Gasteiger partial charge in [-0.15, -0.1) is 0 Å². The van der Waals surface area contributed by atoms with E-state index in [0.717, 1.165) is 54.7 Å². The molecule has 0 aromatic carbocycles. The third-order valence-electron chi connectivity index (χ3n) is 7.83. The summed E-state index contributed by atoms with van der Waals surface area (Å²) in [4.78, 5) is 0. The largest absolute Gasteiger partial charge is 0.438 e. The molecule has 0 aromatic rings. The minimum atomic E-state index is -5.94. The number of hydrogen-bond acceptors (Lipinski definition) is 2. The zero-order chi connectivity index (χ0) is 26.2. The Bertz CT molecular complexity index is 974. The number of allylic oxidation sites excluding steroid dienone is 6. The molecule has 35 heavy (non-hydrogen) atoms. The monoisotopic (exact) mass is 502 g/mol. The van der Waals surface area contributed by atoms with E-state index in [0.29, 0.717) is 12.8 Å². The number of aliphatic hydroxyl groups excluding tert-OH is 1. The molecule has 0 aromatic heterocycles. The summed E-state index contributed by atoms with van der Waals surface area (Å²) >= 11 is 0. The van der Waals surface area contributed by atoms with Crippen LogP contribution >= 0.6 is 0 Å². The Morgan fingerprint density at radius 3 is 2.46 bits per heavy atom. The quantitative estimate of drug-likeness (QED) is 0.249. The van der Waals surface area contributed by atoms with E-state index in [1.165, 1.54) is 5.57 Å². The summed E-state index contributed by atoms with van der Waals surface area (Å²) in [6.07, 6.45) is -0.774. The Kier molecular flexibility index (Phi) is 7.74. The lowest BCUT2D eigenvalue weighted by Crippen LogP contribution is -2.55. The van der Waals surface area contributed by atoms with Crippen molar-refractivity contribution in [3.63, 3.8) is 0 Å². The maximum absolute atomic E-state index is 12.9. The summed E-state index contributed by atoms with van der Waals surface area (Å²) in [5.74, 6) is 2.89. The first-order valence-corrected chi connectivity index (χ1v) is 11.9. The van der Waals surface area contributed by atoms with Gasteiger partial charge in [-0.2, -0.15) is 26.3 Å². The molecule has 0 radical (unpaired) electrons. The van der Waals surface area contributed by atoms with Crippen LogP contribution in [0.5, 0.6) is 0 Å². The van der Waals surface area contributed by atoms with Crippen molar-refractivity contribution in [2.24, 2.45) is 17.3 Å². The molecule has 194 valence electrons. The van der Waals surface area contributed by atoms with Crippen molar-refractivity contribution in [2.45, 2.75) is 89.3 Å². The van der Waals surface area contributed by atoms with Crippen molar-refractivity contribution < 1.29 is 36.6 Å². The highest BCUT2D eigenvalue weighted by molar-refractivity contribution is 5.39. The van der Waals surface area contributed by atoms with Crippen LogP contribution in [0.1, 0.15) is 65.2 Å². The van der Waals surface area contributed by atoms with Crippen LogP contribution in [0.25, 0.3) is 0 Å². The van der Waals surface area contributed by atoms with Gasteiger partial charge in [0.25, 0.3) is 0 Å². The number of aliphatic hydroxyl groups is 2. The van der Waals surface area contributed by atoms with Crippen LogP contribution in [0.3, 0.4) is 0 Å². The lowest BCUT2D eigenvalue weighted by Gasteiger charge is -2.42. The Balaban J connectivity index is 1.77. The van der Waals surface area contributed by atoms with Crippen molar-refractivity contribution in [3.05, 3.63) is 47.1 Å². The van der Waals surface area contributed by atoms with Gasteiger partial charge in [-0.1, -0.05) is 61.3 Å². The SMILES string of the molecule is C=C1CC[C@H](O)C/C1=C\C=C1/CCC[C@]2(C)C([C@H](C)CC#CC(O)(C(F)(F)F)C(F)(F)F)=CC[C@@H]12. The standard InChI is InChI=1S/C27H32F6O2/c1-17-8-11-21(34)16-20(17)10-9-19-7-5-14-24(3)22(12-13-23(19)24)18(2)6-4-15-25(35,26(28,29)30)27(31,32)33/h9-10,12,18,21,23,34-35H,1,5-8,11,13-14,16H2,2-3H3/b19-9+,20-10+/t18-,21+,23+,24-/m1/s1. The molecule has 0 saturated heterocycles. The lowest BCUT2D eigenvalue weighted by molar-refractivity contribution is -0.343. The van der Waals surface area contributed by atoms with Crippen LogP contribution in [-0.2, 0) is 0 Å². The van der Waals surface area contributed by atoms with Crippen LogP contribution in [0.4, 0.5) is 26.3 Å². The van der Waals surface area contributed by atoms with Gasteiger partial charge in [-0.3, -0.25) is 0 Å². The van der Waals surface area contributed by atoms with Gasteiger partial charge in [0.05, 0.1) is 6.10 Å². The van der Waals surface area contributed by atoms with E-state index in [-0.39, 0.29) is 29.8 Å². The van der Waals surface area contributed by atoms with E-state index < -0.39 is 18.0 Å². The highest BCUT2D eigenvalue weighted by atomic mass is 19.4. The fraction of sp³-hybridized carbons (Fsp3) is 0.630. The molecular weight excluding hydrogens is 470 g/mol. The number of fused-ring (bicyclic) bond motifs is 1. The maximum Gasteiger partial charge on any atom is 0.438 e. The van der Waals surface area contributed by atoms with Crippen LogP contribution in [0, 0.1) is 29.1 Å². The van der Waals surface area contributed by atoms with Gasteiger partial charge in [0.15, 0.2) is 0 Å². The predicted octanol–water partition coefficient (Wildman–Crippen LogP) is 6.96. The molecule has 3 rings (SSSR count). The summed E-state index contributed by atoms with van der Waals surface area (Å²) in [6, 6.07) is 0. The fourth-order valence-electron chi connectivity index (χ4n) is 5.76. The summed E-state index contributed by atoms with van der Waals surface area (Å²) in [5.41, 5.74) is -0.971. The van der Waals surface area contributed by atoms with Crippen molar-refractivity contribution in [1.29, 1.82) is 0 Å². The van der Waals surface area contributed by atoms with Crippen LogP contribution in [0.2, 0.25) is 0 Å². The third-order valence-corrected chi connectivity index (χ3v) is 7.83. The number of alkyl halides is 6. The van der Waals surface area contributed by atoms with Crippen LogP contribution in [-0.4, -0.2) is 34.3 Å². The molecule has 0 aliphatic heterocycles. The van der Waals surface area contributed by atoms with Gasteiger partial charge in [0, 0.05) is 6.42 Å². The van der Waals surface area contributed by atoms with E-state index in [2.05, 4.69) is 19.6 Å². The first-order valence-electron chi connectivity index (χ1n) is 11.9. The van der Waals surface area contributed by atoms with E-state index in [4.69, 9.17) is 0 Å². The van der Waals surface area contributed by atoms with E-state index in [1.807, 2.05) is 18.1 Å². The van der Waals surface area contributed by atoms with Gasteiger partial charge < -0.3 is 10.2 Å². The number of hydrogen-bond donors (Lipinski definition) is 2. The lowest BCUT2D eigenvalue weighted by atomic mass is 9.62. The molecule has 3 aliphatic rings. The Morgan fingerprint density at radius 2 is 1.83 bits per heavy atom. The normalized spacial score (nSPS) is 31.1. The molecule has 0 unspecified atom stereocenters. The van der Waals surface area contributed by atoms with E-state index in [9.17, 15) is 36.6 Å². The minimum absolute atomic E-state index is 0.197. The van der Waals surface area contributed by atoms with E-state index >= 15 is 0 Å². The molecular formula is C27H32F6O2. The van der Waals surface area contributed by atoms with Gasteiger partial charge >= 0.3 is 18.0 Å². The molecule has 0 heterocycles. The smallest absolute Gasteiger partial charge is 0.393 e. The molecule has 4 atom stereocenters. The Hall–Kier alpha value is -1.98. The highest BCUT2D eigenvalue weighted by Crippen LogP contribution is 2.57. The Morgan fingerprint density at radius 1 is 1.17 bits per heavy atom. The minimum Gasteiger partial charge on any atom is -0.393 e. The topological polar surface area (TPSA) is 40.5 Å². The van der Waals surface area contributed by atoms with Crippen molar-refractivity contribution in [3.8, 4) is 11.8 Å². The zero-order valence-corrected chi connectivity index (χ0v) is 20.0. The van der Waals surface area contributed by atoms with Crippen molar-refractivity contribution in [2.75, 3.05) is 0 Å². The molecule has 2 nitrogen and oxygen atoms in total. The number of rotatable bonds is 3. The number of halogens is 6. The second-order valence-corrected chi connectivity index (χ2v) is 10.3. The second-order valence-electron chi connectivity index (χ2n) is 10.3. The molecule has 0 spiro atoms. The summed E-state index contributed by atoms with van der Waals surface area (Å²) in [7, 11) is 0. The second kappa shape index (κ2) is 9.82. The van der Waals surface area contributed by atoms with Crippen LogP contribution < -0.4 is 0 Å². The molecule has 8 heteroatoms. The average Bonchev–Trinajstić information content (AvgIpc) is 3.10.